The van der Waals surface area contributed by atoms with Crippen molar-refractivity contribution in [2.24, 2.45) is 0 Å². The number of nitrogens with one attached hydrogen (secondary N) is 1. The van der Waals surface area contributed by atoms with Crippen LogP contribution in [-0.2, 0) is 6.54 Å². The van der Waals surface area contributed by atoms with E-state index in [1.54, 1.807) is 41.2 Å². The van der Waals surface area contributed by atoms with Gasteiger partial charge in [-0.25, -0.2) is 13.9 Å². The summed E-state index contributed by atoms with van der Waals surface area (Å²) < 4.78 is 15.4. The smallest absolute Gasteiger partial charge is 0.272 e. The van der Waals surface area contributed by atoms with E-state index in [1.807, 2.05) is 6.07 Å². The standard InChI is InChI=1S/C19H20FN5O/c20-16-7-2-1-5-14(16)12-24-9-3-6-15(13-24)22-19(26)17-11-18-21-8-4-10-25(18)23-17/h1-2,4-5,7-8,10-11,15H,3,6,9,12-13H2,(H,22,26)/t15-/m1/s1. The summed E-state index contributed by atoms with van der Waals surface area (Å²) in [5.74, 6) is -0.385. The Bertz CT molecular complexity index is 892. The second kappa shape index (κ2) is 7.21. The van der Waals surface area contributed by atoms with Gasteiger partial charge in [0, 0.05) is 43.2 Å². The molecule has 0 unspecified atom stereocenters. The number of hydrogen-bond donors (Lipinski definition) is 1. The second-order valence-corrected chi connectivity index (χ2v) is 6.59. The molecular weight excluding hydrogens is 333 g/mol. The van der Waals surface area contributed by atoms with E-state index in [2.05, 4.69) is 20.3 Å². The number of carbonyl (C=O) groups excluding carboxylic acids is 1. The van der Waals surface area contributed by atoms with Gasteiger partial charge in [0.1, 0.15) is 5.82 Å². The summed E-state index contributed by atoms with van der Waals surface area (Å²) >= 11 is 0. The van der Waals surface area contributed by atoms with Gasteiger partial charge in [-0.2, -0.15) is 5.10 Å². The molecule has 6 nitrogen and oxygen atoms in total. The number of aromatic nitrogens is 3. The van der Waals surface area contributed by atoms with Crippen molar-refractivity contribution >= 4 is 11.6 Å². The summed E-state index contributed by atoms with van der Waals surface area (Å²) in [6.07, 6.45) is 5.30. The molecule has 1 aliphatic heterocycles. The topological polar surface area (TPSA) is 62.5 Å². The van der Waals surface area contributed by atoms with E-state index in [4.69, 9.17) is 0 Å². The number of nitrogens with zero attached hydrogens (tertiary/aromatic N) is 4. The number of benzene rings is 1. The number of rotatable bonds is 4. The largest absolute Gasteiger partial charge is 0.347 e. The molecule has 1 saturated heterocycles. The number of carbonyl (C=O) groups is 1. The molecule has 7 heteroatoms. The summed E-state index contributed by atoms with van der Waals surface area (Å²) in [6.45, 7) is 2.15. The number of fused-ring (bicyclic) bond motifs is 1. The molecular formula is C19H20FN5O. The third kappa shape index (κ3) is 3.57. The van der Waals surface area contributed by atoms with Crippen molar-refractivity contribution < 1.29 is 9.18 Å². The Morgan fingerprint density at radius 2 is 2.19 bits per heavy atom. The van der Waals surface area contributed by atoms with Crippen molar-refractivity contribution in [1.82, 2.24) is 24.8 Å². The quantitative estimate of drug-likeness (QED) is 0.782. The first-order valence-electron chi connectivity index (χ1n) is 8.76. The van der Waals surface area contributed by atoms with Crippen LogP contribution in [0.3, 0.4) is 0 Å². The number of amides is 1. The first-order valence-corrected chi connectivity index (χ1v) is 8.76. The second-order valence-electron chi connectivity index (χ2n) is 6.59. The lowest BCUT2D eigenvalue weighted by atomic mass is 10.0. The van der Waals surface area contributed by atoms with Crippen molar-refractivity contribution in [2.75, 3.05) is 13.1 Å². The summed E-state index contributed by atoms with van der Waals surface area (Å²) in [4.78, 5) is 18.9. The Kier molecular flexibility index (Phi) is 4.62. The molecule has 1 N–H and O–H groups in total. The van der Waals surface area contributed by atoms with Crippen LogP contribution in [0.2, 0.25) is 0 Å². The van der Waals surface area contributed by atoms with Crippen molar-refractivity contribution in [3.63, 3.8) is 0 Å². The fraction of sp³-hybridized carbons (Fsp3) is 0.316. The van der Waals surface area contributed by atoms with E-state index < -0.39 is 0 Å². The molecule has 4 rings (SSSR count). The highest BCUT2D eigenvalue weighted by molar-refractivity contribution is 5.93. The zero-order chi connectivity index (χ0) is 17.9. The van der Waals surface area contributed by atoms with Crippen molar-refractivity contribution in [3.05, 3.63) is 65.9 Å². The molecule has 0 bridgehead atoms. The summed E-state index contributed by atoms with van der Waals surface area (Å²) in [6, 6.07) is 10.3. The van der Waals surface area contributed by atoms with Gasteiger partial charge in [0.15, 0.2) is 11.3 Å². The molecule has 1 aliphatic rings. The number of likely N-dealkylation sites (tertiary alicyclic amines) is 1. The Morgan fingerprint density at radius 3 is 3.04 bits per heavy atom. The van der Waals surface area contributed by atoms with Gasteiger partial charge in [-0.1, -0.05) is 18.2 Å². The maximum absolute atomic E-state index is 13.9. The van der Waals surface area contributed by atoms with Gasteiger partial charge in [0.2, 0.25) is 0 Å². The average molecular weight is 353 g/mol. The molecule has 26 heavy (non-hydrogen) atoms. The van der Waals surface area contributed by atoms with Crippen molar-refractivity contribution in [3.8, 4) is 0 Å². The Morgan fingerprint density at radius 1 is 1.31 bits per heavy atom. The third-order valence-electron chi connectivity index (χ3n) is 4.66. The lowest BCUT2D eigenvalue weighted by molar-refractivity contribution is 0.0895. The van der Waals surface area contributed by atoms with Crippen LogP contribution in [0.15, 0.2) is 48.8 Å². The molecule has 0 spiro atoms. The lowest BCUT2D eigenvalue weighted by Gasteiger charge is -2.33. The Hall–Kier alpha value is -2.80. The first-order chi connectivity index (χ1) is 12.7. The summed E-state index contributed by atoms with van der Waals surface area (Å²) in [7, 11) is 0. The SMILES string of the molecule is O=C(N[C@@H]1CCCN(Cc2ccccc2F)C1)c1cc2ncccn2n1. The van der Waals surface area contributed by atoms with E-state index >= 15 is 0 Å². The maximum Gasteiger partial charge on any atom is 0.272 e. The third-order valence-corrected chi connectivity index (χ3v) is 4.66. The van der Waals surface area contributed by atoms with Gasteiger partial charge >= 0.3 is 0 Å². The van der Waals surface area contributed by atoms with E-state index in [9.17, 15) is 9.18 Å². The monoisotopic (exact) mass is 353 g/mol. The van der Waals surface area contributed by atoms with Gasteiger partial charge in [-0.05, 0) is 31.5 Å². The Labute approximate surface area is 150 Å². The van der Waals surface area contributed by atoms with E-state index in [-0.39, 0.29) is 17.8 Å². The van der Waals surface area contributed by atoms with Gasteiger partial charge in [-0.15, -0.1) is 0 Å². The molecule has 0 aliphatic carbocycles. The Balaban J connectivity index is 1.40. The van der Waals surface area contributed by atoms with Gasteiger partial charge < -0.3 is 5.32 Å². The highest BCUT2D eigenvalue weighted by Gasteiger charge is 2.23. The lowest BCUT2D eigenvalue weighted by Crippen LogP contribution is -2.47. The first kappa shape index (κ1) is 16.7. The van der Waals surface area contributed by atoms with Crippen LogP contribution in [0.1, 0.15) is 28.9 Å². The van der Waals surface area contributed by atoms with E-state index in [0.717, 1.165) is 19.4 Å². The van der Waals surface area contributed by atoms with E-state index in [1.165, 1.54) is 6.07 Å². The van der Waals surface area contributed by atoms with E-state index in [0.29, 0.717) is 30.0 Å². The van der Waals surface area contributed by atoms with Gasteiger partial charge in [0.05, 0.1) is 0 Å². The van der Waals surface area contributed by atoms with Crippen LogP contribution in [-0.4, -0.2) is 44.5 Å². The zero-order valence-corrected chi connectivity index (χ0v) is 14.3. The van der Waals surface area contributed by atoms with Crippen LogP contribution in [0, 0.1) is 5.82 Å². The number of piperidine rings is 1. The fourth-order valence-corrected chi connectivity index (χ4v) is 3.38. The number of hydrogen-bond acceptors (Lipinski definition) is 4. The molecule has 3 aromatic rings. The molecule has 3 heterocycles. The normalized spacial score (nSPS) is 18.1. The van der Waals surface area contributed by atoms with Crippen LogP contribution in [0.25, 0.3) is 5.65 Å². The van der Waals surface area contributed by atoms with Crippen molar-refractivity contribution in [1.29, 1.82) is 0 Å². The predicted octanol–water partition coefficient (Wildman–Crippen LogP) is 2.26. The summed E-state index contributed by atoms with van der Waals surface area (Å²) in [5, 5.41) is 7.30. The highest BCUT2D eigenvalue weighted by atomic mass is 19.1. The minimum Gasteiger partial charge on any atom is -0.347 e. The average Bonchev–Trinajstić information content (AvgIpc) is 3.08. The predicted molar refractivity (Wildman–Crippen MR) is 95.2 cm³/mol. The van der Waals surface area contributed by atoms with Crippen LogP contribution >= 0.6 is 0 Å². The van der Waals surface area contributed by atoms with Crippen LogP contribution in [0.5, 0.6) is 0 Å². The highest BCUT2D eigenvalue weighted by Crippen LogP contribution is 2.16. The molecule has 1 aromatic carbocycles. The van der Waals surface area contributed by atoms with Crippen LogP contribution in [0.4, 0.5) is 4.39 Å². The number of halogens is 1. The minimum atomic E-state index is -0.201. The minimum absolute atomic E-state index is 0.0285. The maximum atomic E-state index is 13.9. The molecule has 1 atom stereocenters. The van der Waals surface area contributed by atoms with Crippen molar-refractivity contribution in [2.45, 2.75) is 25.4 Å². The molecule has 0 radical (unpaired) electrons. The zero-order valence-electron chi connectivity index (χ0n) is 14.3. The fourth-order valence-electron chi connectivity index (χ4n) is 3.38. The molecule has 0 saturated carbocycles. The summed E-state index contributed by atoms with van der Waals surface area (Å²) in [5.41, 5.74) is 1.68. The molecule has 1 amide bonds. The van der Waals surface area contributed by atoms with Gasteiger partial charge in [0.25, 0.3) is 5.91 Å². The molecule has 1 fully saturated rings. The van der Waals surface area contributed by atoms with Crippen LogP contribution < -0.4 is 5.32 Å². The van der Waals surface area contributed by atoms with Gasteiger partial charge in [-0.3, -0.25) is 9.69 Å². The molecule has 2 aromatic heterocycles. The molecule has 134 valence electrons.